The number of hydrogen-bond donors (Lipinski definition) is 9. The van der Waals surface area contributed by atoms with Gasteiger partial charge in [0.15, 0.2) is 22.8 Å². The van der Waals surface area contributed by atoms with Crippen molar-refractivity contribution in [3.63, 3.8) is 0 Å². The van der Waals surface area contributed by atoms with Crippen LogP contribution in [0.4, 0.5) is 0 Å². The zero-order valence-electron chi connectivity index (χ0n) is 40.4. The second kappa shape index (κ2) is 26.4. The summed E-state index contributed by atoms with van der Waals surface area (Å²) in [6.45, 7) is 2.93. The van der Waals surface area contributed by atoms with Crippen LogP contribution in [-0.2, 0) is 14.4 Å². The number of aliphatic carboxylic acids is 3. The van der Waals surface area contributed by atoms with Crippen molar-refractivity contribution in [2.24, 2.45) is 11.8 Å². The Hall–Kier alpha value is -10.6. The lowest BCUT2D eigenvalue weighted by Crippen LogP contribution is -2.37. The molecule has 0 spiro atoms. The summed E-state index contributed by atoms with van der Waals surface area (Å²) in [4.78, 5) is 120. The molecule has 0 radical (unpaired) electrons. The minimum atomic E-state index is -1.66. The minimum absolute atomic E-state index is 0.0862. The van der Waals surface area contributed by atoms with Gasteiger partial charge in [-0.3, -0.25) is 14.4 Å². The van der Waals surface area contributed by atoms with E-state index in [-0.39, 0.29) is 11.1 Å². The Morgan fingerprint density at radius 1 is 0.494 bits per heavy atom. The molecule has 0 amide bonds. The lowest BCUT2D eigenvalue weighted by Gasteiger charge is -2.24. The molecule has 23 heteroatoms. The molecule has 2 atom stereocenters. The summed E-state index contributed by atoms with van der Waals surface area (Å²) < 4.78 is 5.25. The number of aromatic carboxylic acids is 6. The molecule has 2 unspecified atom stereocenters. The number of nitriles is 1. The Balaban J connectivity index is 0.000000231. The van der Waals surface area contributed by atoms with Crippen LogP contribution in [-0.4, -0.2) is 121 Å². The Morgan fingerprint density at radius 2 is 0.870 bits per heavy atom. The summed E-state index contributed by atoms with van der Waals surface area (Å²) in [7, 11) is 0. The number of carbonyl (C=O) groups is 10. The van der Waals surface area contributed by atoms with Gasteiger partial charge in [-0.05, 0) is 75.2 Å². The van der Waals surface area contributed by atoms with E-state index in [2.05, 4.69) is 9.97 Å². The zero-order chi connectivity index (χ0) is 57.3. The number of benzene rings is 5. The van der Waals surface area contributed by atoms with E-state index in [9.17, 15) is 63.3 Å². The fourth-order valence-corrected chi connectivity index (χ4v) is 7.22. The summed E-state index contributed by atoms with van der Waals surface area (Å²) >= 11 is 0. The molecule has 1 aromatic heterocycles. The van der Waals surface area contributed by atoms with Crippen molar-refractivity contribution in [2.75, 3.05) is 0 Å². The molecule has 1 aliphatic carbocycles. The van der Waals surface area contributed by atoms with Gasteiger partial charge in [0.05, 0.1) is 57.1 Å². The van der Waals surface area contributed by atoms with Crippen LogP contribution in [0, 0.1) is 23.2 Å². The number of ketones is 1. The van der Waals surface area contributed by atoms with Gasteiger partial charge >= 0.3 is 53.7 Å². The molecule has 7 rings (SSSR count). The van der Waals surface area contributed by atoms with E-state index in [0.29, 0.717) is 58.8 Å². The van der Waals surface area contributed by atoms with Crippen LogP contribution in [0.1, 0.15) is 123 Å². The Kier molecular flexibility index (Phi) is 20.2. The van der Waals surface area contributed by atoms with Crippen molar-refractivity contribution in [1.82, 2.24) is 9.97 Å². The van der Waals surface area contributed by atoms with Crippen LogP contribution >= 0.6 is 0 Å². The van der Waals surface area contributed by atoms with Crippen molar-refractivity contribution >= 4 is 59.5 Å². The average Bonchev–Trinajstić information content (AvgIpc) is 3.41. The van der Waals surface area contributed by atoms with Crippen molar-refractivity contribution in [2.45, 2.75) is 45.1 Å². The van der Waals surface area contributed by atoms with Crippen molar-refractivity contribution < 1.29 is 98.6 Å². The maximum atomic E-state index is 12.6. The highest BCUT2D eigenvalue weighted by molar-refractivity contribution is 6.17. The molecular weight excluding hydrogens is 1010 g/mol. The van der Waals surface area contributed by atoms with E-state index < -0.39 is 111 Å². The van der Waals surface area contributed by atoms with E-state index >= 15 is 0 Å². The first-order chi connectivity index (χ1) is 36.3. The molecule has 23 nitrogen and oxygen atoms in total. The number of carboxylic acid groups (broad SMARTS) is 9. The molecule has 1 heterocycles. The highest BCUT2D eigenvalue weighted by Crippen LogP contribution is 2.32. The number of hydrogen-bond acceptors (Lipinski definition) is 14. The molecule has 6 aromatic rings. The van der Waals surface area contributed by atoms with Gasteiger partial charge in [-0.25, -0.2) is 43.5 Å². The monoisotopic (exact) mass is 1060 g/mol. The number of carbonyl (C=O) groups excluding carboxylic acids is 1. The largest absolute Gasteiger partial charge is 0.481 e. The molecule has 9 N–H and O–H groups in total. The van der Waals surface area contributed by atoms with Crippen molar-refractivity contribution in [1.29, 1.82) is 5.26 Å². The zero-order valence-corrected chi connectivity index (χ0v) is 40.4. The fraction of sp³-hybridized carbons (Fsp3) is 0.167. The standard InChI is InChI=1S/C18H12N2O4.C17H10O9.C11H11NO3.C8H12O4/c21-17(22)15-16(18(23)24)20-14(12-9-5-2-6-10-12)13(19-15)11-7-3-1-4-8-11;18-13(7-1-3-8(4-2-7)14(19)20)9-5-11(16(23)24)12(17(25)26)6-10(9)15(21)22;1-11(2,10(13)14)15-9-5-3-8(7-12)4-6-9;9-7(10)5-3-1-2-4-6(5)8(11)12/h1-10H,(H,21,22)(H,23,24);1-6H,(H,19,20)(H,21,22)(H,23,24)(H,25,26);3-6H,1-2H3,(H,13,14);5-6H,1-4H2,(H,9,10)(H,11,12). The molecule has 1 saturated carbocycles. The third-order valence-electron chi connectivity index (χ3n) is 11.2. The normalized spacial score (nSPS) is 13.3. The molecule has 0 bridgehead atoms. The first-order valence-electron chi connectivity index (χ1n) is 22.4. The van der Waals surface area contributed by atoms with E-state index in [1.165, 1.54) is 13.8 Å². The lowest BCUT2D eigenvalue weighted by atomic mass is 9.79. The quantitative estimate of drug-likeness (QED) is 0.0445. The van der Waals surface area contributed by atoms with Crippen molar-refractivity contribution in [3.05, 3.63) is 172 Å². The molecule has 396 valence electrons. The third-order valence-corrected chi connectivity index (χ3v) is 11.2. The van der Waals surface area contributed by atoms with E-state index in [4.69, 9.17) is 40.6 Å². The van der Waals surface area contributed by atoms with Gasteiger partial charge in [-0.15, -0.1) is 0 Å². The average molecular weight is 1060 g/mol. The van der Waals surface area contributed by atoms with Crippen LogP contribution in [0.3, 0.4) is 0 Å². The molecule has 0 aliphatic heterocycles. The molecule has 1 aliphatic rings. The van der Waals surface area contributed by atoms with Gasteiger partial charge in [-0.1, -0.05) is 85.6 Å². The molecule has 77 heavy (non-hydrogen) atoms. The number of carboxylic acids is 9. The van der Waals surface area contributed by atoms with Crippen LogP contribution in [0.15, 0.2) is 121 Å². The summed E-state index contributed by atoms with van der Waals surface area (Å²) in [5.74, 6) is -13.8. The predicted octanol–water partition coefficient (Wildman–Crippen LogP) is 7.68. The second-order valence-corrected chi connectivity index (χ2v) is 16.8. The Labute approximate surface area is 435 Å². The molecular formula is C54H45N3O20. The highest BCUT2D eigenvalue weighted by Gasteiger charge is 2.35. The number of nitrogens with zero attached hydrogens (tertiary/aromatic N) is 3. The second-order valence-electron chi connectivity index (χ2n) is 16.8. The van der Waals surface area contributed by atoms with E-state index in [0.717, 1.165) is 37.1 Å². The lowest BCUT2D eigenvalue weighted by molar-refractivity contribution is -0.155. The minimum Gasteiger partial charge on any atom is -0.481 e. The number of aromatic nitrogens is 2. The third kappa shape index (κ3) is 15.7. The summed E-state index contributed by atoms with van der Waals surface area (Å²) in [5, 5.41) is 89.6. The van der Waals surface area contributed by atoms with Gasteiger partial charge in [0, 0.05) is 22.3 Å². The Morgan fingerprint density at radius 3 is 1.21 bits per heavy atom. The number of rotatable bonds is 15. The first-order valence-corrected chi connectivity index (χ1v) is 22.4. The summed E-state index contributed by atoms with van der Waals surface area (Å²) in [6, 6.07) is 32.0. The summed E-state index contributed by atoms with van der Waals surface area (Å²) in [5.41, 5.74) is -2.88. The Bertz CT molecular complexity index is 3180. The summed E-state index contributed by atoms with van der Waals surface area (Å²) in [6.07, 6.45) is 2.68. The maximum absolute atomic E-state index is 12.6. The maximum Gasteiger partial charge on any atom is 0.357 e. The molecule has 0 saturated heterocycles. The topological polar surface area (TPSA) is 412 Å². The van der Waals surface area contributed by atoms with E-state index in [1.807, 2.05) is 18.2 Å². The van der Waals surface area contributed by atoms with Crippen LogP contribution in [0.25, 0.3) is 22.5 Å². The molecule has 1 fully saturated rings. The SMILES string of the molecule is CC(C)(Oc1ccc(C#N)cc1)C(=O)O.O=C(O)C1CCCCC1C(=O)O.O=C(O)c1ccc(C(=O)c2cc(C(=O)O)c(C(=O)O)cc2C(=O)O)cc1.O=C(O)c1nc(-c2ccccc2)c(-c2ccccc2)nc1C(=O)O. The van der Waals surface area contributed by atoms with Gasteiger partial charge in [0.1, 0.15) is 5.75 Å². The van der Waals surface area contributed by atoms with Gasteiger partial charge < -0.3 is 50.7 Å². The van der Waals surface area contributed by atoms with Gasteiger partial charge in [0.25, 0.3) is 0 Å². The van der Waals surface area contributed by atoms with Crippen LogP contribution in [0.2, 0.25) is 0 Å². The highest BCUT2D eigenvalue weighted by atomic mass is 16.5. The number of ether oxygens (including phenoxy) is 1. The van der Waals surface area contributed by atoms with Crippen molar-refractivity contribution in [3.8, 4) is 34.3 Å². The first kappa shape index (κ1) is 58.9. The van der Waals surface area contributed by atoms with E-state index in [1.54, 1.807) is 72.8 Å². The van der Waals surface area contributed by atoms with Gasteiger partial charge in [0.2, 0.25) is 0 Å². The molecule has 5 aromatic carbocycles. The van der Waals surface area contributed by atoms with Crippen LogP contribution in [0.5, 0.6) is 5.75 Å². The van der Waals surface area contributed by atoms with Crippen LogP contribution < -0.4 is 4.74 Å². The smallest absolute Gasteiger partial charge is 0.357 e. The fourth-order valence-electron chi connectivity index (χ4n) is 7.22. The van der Waals surface area contributed by atoms with Gasteiger partial charge in [-0.2, -0.15) is 5.26 Å². The predicted molar refractivity (Wildman–Crippen MR) is 265 cm³/mol.